The lowest BCUT2D eigenvalue weighted by Crippen LogP contribution is -2.50. The maximum Gasteiger partial charge on any atom is 0.291 e. The summed E-state index contributed by atoms with van der Waals surface area (Å²) in [4.78, 5) is 4.53. The van der Waals surface area contributed by atoms with E-state index in [-0.39, 0.29) is 0 Å². The highest BCUT2D eigenvalue weighted by Crippen LogP contribution is 2.25. The molecule has 1 unspecified atom stereocenters. The first-order chi connectivity index (χ1) is 11.8. The molecule has 2 rings (SSSR count). The summed E-state index contributed by atoms with van der Waals surface area (Å²) in [6.45, 7) is 6.98. The number of rotatable bonds is 8. The molecule has 25 heavy (non-hydrogen) atoms. The molecule has 0 aliphatic carbocycles. The monoisotopic (exact) mass is 353 g/mol. The zero-order chi connectivity index (χ0) is 18.5. The minimum Gasteiger partial charge on any atom is -0.446 e. The zero-order valence-electron chi connectivity index (χ0n) is 15.1. The first-order valence-electron chi connectivity index (χ1n) is 8.60. The molecular weight excluding hydrogens is 326 g/mol. The lowest BCUT2D eigenvalue weighted by molar-refractivity contribution is -0.900. The summed E-state index contributed by atoms with van der Waals surface area (Å²) in [5.41, 5.74) is 0.497. The van der Waals surface area contributed by atoms with Crippen molar-refractivity contribution in [2.45, 2.75) is 39.2 Å². The Hall–Kier alpha value is -1.79. The van der Waals surface area contributed by atoms with Gasteiger partial charge in [-0.05, 0) is 39.0 Å². The average Bonchev–Trinajstić information content (AvgIpc) is 2.58. The number of hydrogen-bond donors (Lipinski definition) is 1. The molecule has 138 valence electrons. The number of aromatic nitrogens is 1. The summed E-state index contributed by atoms with van der Waals surface area (Å²) in [7, 11) is 0. The van der Waals surface area contributed by atoms with Crippen molar-refractivity contribution in [3.8, 4) is 0 Å². The van der Waals surface area contributed by atoms with Gasteiger partial charge in [0, 0.05) is 18.2 Å². The topological polar surface area (TPSA) is 42.4 Å². The van der Waals surface area contributed by atoms with Gasteiger partial charge >= 0.3 is 0 Å². The van der Waals surface area contributed by atoms with Crippen LogP contribution >= 0.6 is 0 Å². The van der Waals surface area contributed by atoms with Crippen molar-refractivity contribution in [1.82, 2.24) is 4.98 Å². The van der Waals surface area contributed by atoms with Gasteiger partial charge in [-0.1, -0.05) is 12.1 Å². The molecule has 1 aromatic rings. The van der Waals surface area contributed by atoms with Gasteiger partial charge in [0.25, 0.3) is 12.3 Å². The summed E-state index contributed by atoms with van der Waals surface area (Å²) >= 11 is 0. The molecule has 0 radical (unpaired) electrons. The number of allylic oxidation sites excluding steroid dienone is 2. The van der Waals surface area contributed by atoms with Crippen molar-refractivity contribution in [1.29, 1.82) is 0 Å². The number of likely N-dealkylation sites (N-methyl/N-ethyl adjacent to an activating group) is 1. The summed E-state index contributed by atoms with van der Waals surface area (Å²) in [6, 6.07) is 5.60. The predicted molar refractivity (Wildman–Crippen MR) is 92.9 cm³/mol. The lowest BCUT2D eigenvalue weighted by atomic mass is 10.0. The highest BCUT2D eigenvalue weighted by molar-refractivity contribution is 5.16. The van der Waals surface area contributed by atoms with Crippen LogP contribution in [0.25, 0.3) is 0 Å². The molecule has 1 N–H and O–H groups in total. The normalized spacial score (nSPS) is 20.7. The fourth-order valence-corrected chi connectivity index (χ4v) is 2.93. The second kappa shape index (κ2) is 8.06. The van der Waals surface area contributed by atoms with Crippen molar-refractivity contribution in [3.63, 3.8) is 0 Å². The molecular formula is C19H27F2N2O2+. The van der Waals surface area contributed by atoms with E-state index < -0.39 is 18.6 Å². The Labute approximate surface area is 148 Å². The highest BCUT2D eigenvalue weighted by atomic mass is 19.3. The van der Waals surface area contributed by atoms with Crippen molar-refractivity contribution in [3.05, 3.63) is 53.7 Å². The van der Waals surface area contributed by atoms with Crippen LogP contribution in [0.5, 0.6) is 0 Å². The molecule has 0 aromatic carbocycles. The number of hydrogen-bond acceptors (Lipinski definition) is 3. The minimum atomic E-state index is -2.49. The first kappa shape index (κ1) is 19.5. The van der Waals surface area contributed by atoms with Crippen molar-refractivity contribution < 1.29 is 23.1 Å². The fourth-order valence-electron chi connectivity index (χ4n) is 2.93. The van der Waals surface area contributed by atoms with Gasteiger partial charge in [0.15, 0.2) is 6.61 Å². The van der Waals surface area contributed by atoms with Crippen molar-refractivity contribution in [2.24, 2.45) is 0 Å². The second-order valence-electron chi connectivity index (χ2n) is 6.83. The maximum absolute atomic E-state index is 12.5. The third kappa shape index (κ3) is 5.09. The molecule has 4 nitrogen and oxygen atoms in total. The van der Waals surface area contributed by atoms with Crippen LogP contribution in [0.3, 0.4) is 0 Å². The van der Waals surface area contributed by atoms with Gasteiger partial charge < -0.3 is 9.84 Å². The molecule has 1 aliphatic heterocycles. The average molecular weight is 353 g/mol. The standard InChI is InChI=1S/C19H27F2N2O2/c1-4-23(12-6-5-10-18(23)25-14-17(20)21)13-11-15-8-7-9-16(22-15)19(2,3)24/h5-10,17,24H,4,11-14H2,1-3H3/q+1. The van der Waals surface area contributed by atoms with Gasteiger partial charge in [-0.25, -0.2) is 8.78 Å². The number of quaternary nitrogens is 1. The first-order valence-corrected chi connectivity index (χ1v) is 8.60. The van der Waals surface area contributed by atoms with E-state index in [1.54, 1.807) is 26.0 Å². The molecule has 1 aliphatic rings. The molecule has 2 heterocycles. The van der Waals surface area contributed by atoms with Gasteiger partial charge in [0.05, 0.1) is 18.8 Å². The van der Waals surface area contributed by atoms with Gasteiger partial charge in [-0.3, -0.25) is 9.47 Å². The molecule has 0 saturated heterocycles. The van der Waals surface area contributed by atoms with E-state index in [0.29, 0.717) is 35.6 Å². The number of pyridine rings is 1. The number of aliphatic hydroxyl groups is 1. The number of halogens is 2. The van der Waals surface area contributed by atoms with Crippen LogP contribution in [0.2, 0.25) is 0 Å². The molecule has 0 amide bonds. The Bertz CT molecular complexity index is 639. The van der Waals surface area contributed by atoms with Gasteiger partial charge in [-0.2, -0.15) is 0 Å². The number of nitrogens with zero attached hydrogens (tertiary/aromatic N) is 2. The molecule has 6 heteroatoms. The Morgan fingerprint density at radius 2 is 2.12 bits per heavy atom. The van der Waals surface area contributed by atoms with E-state index in [1.807, 2.05) is 31.2 Å². The second-order valence-corrected chi connectivity index (χ2v) is 6.83. The minimum absolute atomic E-state index is 0.484. The van der Waals surface area contributed by atoms with E-state index in [2.05, 4.69) is 4.98 Å². The van der Waals surface area contributed by atoms with Gasteiger partial charge in [0.2, 0.25) is 0 Å². The molecule has 0 fully saturated rings. The Balaban J connectivity index is 2.13. The van der Waals surface area contributed by atoms with Crippen LogP contribution in [0.4, 0.5) is 8.78 Å². The van der Waals surface area contributed by atoms with Crippen LogP contribution in [-0.2, 0) is 16.8 Å². The van der Waals surface area contributed by atoms with E-state index in [0.717, 1.165) is 12.2 Å². The number of ether oxygens (including phenoxy) is 1. The molecule has 1 aromatic heterocycles. The summed E-state index contributed by atoms with van der Waals surface area (Å²) in [5, 5.41) is 10.1. The maximum atomic E-state index is 12.5. The van der Waals surface area contributed by atoms with Crippen LogP contribution in [0, 0.1) is 0 Å². The van der Waals surface area contributed by atoms with Crippen molar-refractivity contribution >= 4 is 0 Å². The van der Waals surface area contributed by atoms with E-state index in [1.165, 1.54) is 0 Å². The molecule has 0 saturated carbocycles. The Kier molecular flexibility index (Phi) is 6.30. The third-order valence-electron chi connectivity index (χ3n) is 4.49. The predicted octanol–water partition coefficient (Wildman–Crippen LogP) is 3.38. The summed E-state index contributed by atoms with van der Waals surface area (Å²) in [6.07, 6.45) is 3.83. The third-order valence-corrected chi connectivity index (χ3v) is 4.49. The Morgan fingerprint density at radius 3 is 2.76 bits per heavy atom. The number of alkyl halides is 2. The highest BCUT2D eigenvalue weighted by Gasteiger charge is 2.34. The Morgan fingerprint density at radius 1 is 1.36 bits per heavy atom. The van der Waals surface area contributed by atoms with Gasteiger partial charge in [0.1, 0.15) is 12.1 Å². The van der Waals surface area contributed by atoms with E-state index >= 15 is 0 Å². The molecule has 1 atom stereocenters. The van der Waals surface area contributed by atoms with Crippen molar-refractivity contribution in [2.75, 3.05) is 26.2 Å². The largest absolute Gasteiger partial charge is 0.446 e. The van der Waals surface area contributed by atoms with Gasteiger partial charge in [-0.15, -0.1) is 0 Å². The fraction of sp³-hybridized carbons (Fsp3) is 0.526. The van der Waals surface area contributed by atoms with Crippen LogP contribution in [-0.4, -0.2) is 47.2 Å². The van der Waals surface area contributed by atoms with E-state index in [9.17, 15) is 13.9 Å². The summed E-state index contributed by atoms with van der Waals surface area (Å²) in [5.74, 6) is 0.573. The van der Waals surface area contributed by atoms with Crippen LogP contribution in [0.1, 0.15) is 32.2 Å². The zero-order valence-corrected chi connectivity index (χ0v) is 15.1. The summed E-state index contributed by atoms with van der Waals surface area (Å²) < 4.78 is 31.0. The molecule has 0 spiro atoms. The van der Waals surface area contributed by atoms with Crippen LogP contribution in [0.15, 0.2) is 42.3 Å². The quantitative estimate of drug-likeness (QED) is 0.729. The van der Waals surface area contributed by atoms with Crippen LogP contribution < -0.4 is 0 Å². The smallest absolute Gasteiger partial charge is 0.291 e. The molecule has 0 bridgehead atoms. The lowest BCUT2D eigenvalue weighted by Gasteiger charge is -2.38. The SMILES string of the molecule is CC[N+]1(CCc2cccc(C(C)(C)O)n2)CC=CC=C1OCC(F)F. The van der Waals surface area contributed by atoms with E-state index in [4.69, 9.17) is 4.74 Å².